The summed E-state index contributed by atoms with van der Waals surface area (Å²) >= 11 is 1.37. The van der Waals surface area contributed by atoms with Gasteiger partial charge < -0.3 is 4.90 Å². The Hall–Kier alpha value is -2.19. The van der Waals surface area contributed by atoms with Crippen LogP contribution in [0.5, 0.6) is 0 Å². The fourth-order valence-electron chi connectivity index (χ4n) is 3.53. The van der Waals surface area contributed by atoms with Gasteiger partial charge in [0.05, 0.1) is 17.5 Å². The van der Waals surface area contributed by atoms with Gasteiger partial charge in [-0.05, 0) is 36.2 Å². The number of rotatable bonds is 4. The van der Waals surface area contributed by atoms with Crippen molar-refractivity contribution in [3.05, 3.63) is 71.5 Å². The van der Waals surface area contributed by atoms with E-state index in [4.69, 9.17) is 0 Å². The third kappa shape index (κ3) is 4.12. The van der Waals surface area contributed by atoms with Gasteiger partial charge in [0.15, 0.2) is 15.0 Å². The number of amidine groups is 1. The van der Waals surface area contributed by atoms with Crippen LogP contribution in [-0.2, 0) is 16.3 Å². The molecule has 5 nitrogen and oxygen atoms in total. The van der Waals surface area contributed by atoms with Crippen molar-refractivity contribution in [2.75, 3.05) is 18.1 Å². The first kappa shape index (κ1) is 19.1. The molecule has 2 heterocycles. The Balaban J connectivity index is 1.57. The first-order valence-corrected chi connectivity index (χ1v) is 11.7. The minimum atomic E-state index is -3.08. The molecule has 0 aromatic heterocycles. The van der Waals surface area contributed by atoms with Crippen LogP contribution in [0.2, 0.25) is 0 Å². The van der Waals surface area contributed by atoms with E-state index in [0.29, 0.717) is 23.7 Å². The summed E-state index contributed by atoms with van der Waals surface area (Å²) in [4.78, 5) is 18.7. The Bertz CT molecular complexity index is 1010. The molecule has 2 aromatic carbocycles. The van der Waals surface area contributed by atoms with E-state index in [1.807, 2.05) is 11.0 Å². The van der Waals surface area contributed by atoms with E-state index in [9.17, 15) is 17.6 Å². The predicted molar refractivity (Wildman–Crippen MR) is 109 cm³/mol. The zero-order chi connectivity index (χ0) is 19.7. The predicted octanol–water partition coefficient (Wildman–Crippen LogP) is 2.78. The second kappa shape index (κ2) is 7.67. The van der Waals surface area contributed by atoms with E-state index < -0.39 is 9.84 Å². The Morgan fingerprint density at radius 1 is 1.11 bits per heavy atom. The molecule has 2 atom stereocenters. The lowest BCUT2D eigenvalue weighted by Crippen LogP contribution is -2.39. The van der Waals surface area contributed by atoms with Crippen LogP contribution < -0.4 is 0 Å². The van der Waals surface area contributed by atoms with Gasteiger partial charge in [-0.2, -0.15) is 4.99 Å². The summed E-state index contributed by atoms with van der Waals surface area (Å²) in [5.41, 5.74) is 1.45. The number of halogens is 1. The fraction of sp³-hybridized carbons (Fsp3) is 0.300. The van der Waals surface area contributed by atoms with Gasteiger partial charge in [0.2, 0.25) is 0 Å². The number of aliphatic imine (C=N–C) groups is 1. The molecule has 0 radical (unpaired) electrons. The molecule has 0 spiro atoms. The van der Waals surface area contributed by atoms with Crippen molar-refractivity contribution in [2.45, 2.75) is 17.7 Å². The van der Waals surface area contributed by atoms with Crippen LogP contribution in [0.25, 0.3) is 0 Å². The molecule has 28 heavy (non-hydrogen) atoms. The molecule has 2 saturated heterocycles. The first-order chi connectivity index (χ1) is 13.4. The lowest BCUT2D eigenvalue weighted by molar-refractivity contribution is 0.100. The standard InChI is InChI=1S/C20H19FN2O3S2/c21-16-8-6-14(7-9-16)10-11-23-17-12-28(25,26)13-18(17)27-20(23)22-19(24)15-4-2-1-3-5-15/h1-9,17-18H,10-13H2/t17-,18-/m1/s1. The van der Waals surface area contributed by atoms with Crippen LogP contribution >= 0.6 is 11.8 Å². The smallest absolute Gasteiger partial charge is 0.279 e. The molecule has 2 fully saturated rings. The number of nitrogens with zero attached hydrogens (tertiary/aromatic N) is 2. The van der Waals surface area contributed by atoms with Gasteiger partial charge in [-0.1, -0.05) is 42.1 Å². The third-order valence-electron chi connectivity index (χ3n) is 4.95. The summed E-state index contributed by atoms with van der Waals surface area (Å²) in [5, 5.41) is 0.460. The number of benzene rings is 2. The quantitative estimate of drug-likeness (QED) is 0.764. The summed E-state index contributed by atoms with van der Waals surface area (Å²) in [6.07, 6.45) is 0.614. The van der Waals surface area contributed by atoms with Crippen LogP contribution in [-0.4, -0.2) is 53.7 Å². The molecule has 0 N–H and O–H groups in total. The van der Waals surface area contributed by atoms with Gasteiger partial charge in [0.1, 0.15) is 5.82 Å². The summed E-state index contributed by atoms with van der Waals surface area (Å²) < 4.78 is 37.2. The van der Waals surface area contributed by atoms with Crippen molar-refractivity contribution in [1.82, 2.24) is 4.90 Å². The second-order valence-electron chi connectivity index (χ2n) is 6.94. The monoisotopic (exact) mass is 418 g/mol. The Morgan fingerprint density at radius 3 is 2.54 bits per heavy atom. The minimum Gasteiger partial charge on any atom is -0.346 e. The number of carbonyl (C=O) groups excluding carboxylic acids is 1. The average molecular weight is 419 g/mol. The number of thioether (sulfide) groups is 1. The molecule has 0 unspecified atom stereocenters. The number of hydrogen-bond donors (Lipinski definition) is 0. The molecule has 2 aliphatic rings. The van der Waals surface area contributed by atoms with Crippen molar-refractivity contribution >= 4 is 32.7 Å². The normalized spacial score (nSPS) is 24.5. The Morgan fingerprint density at radius 2 is 1.82 bits per heavy atom. The molecular weight excluding hydrogens is 399 g/mol. The number of carbonyl (C=O) groups is 1. The highest BCUT2D eigenvalue weighted by atomic mass is 32.2. The van der Waals surface area contributed by atoms with Crippen LogP contribution in [0.1, 0.15) is 15.9 Å². The number of fused-ring (bicyclic) bond motifs is 1. The Kier molecular flexibility index (Phi) is 5.25. The van der Waals surface area contributed by atoms with E-state index in [-0.39, 0.29) is 34.5 Å². The maximum absolute atomic E-state index is 13.1. The Labute approximate surface area is 167 Å². The van der Waals surface area contributed by atoms with Crippen molar-refractivity contribution < 1.29 is 17.6 Å². The van der Waals surface area contributed by atoms with E-state index >= 15 is 0 Å². The first-order valence-electron chi connectivity index (χ1n) is 8.97. The number of hydrogen-bond acceptors (Lipinski definition) is 4. The minimum absolute atomic E-state index is 0.0760. The maximum Gasteiger partial charge on any atom is 0.279 e. The molecule has 0 bridgehead atoms. The summed E-state index contributed by atoms with van der Waals surface area (Å²) in [5.74, 6) is -0.448. The van der Waals surface area contributed by atoms with Gasteiger partial charge in [0.25, 0.3) is 5.91 Å². The molecule has 4 rings (SSSR count). The van der Waals surface area contributed by atoms with Crippen LogP contribution in [0.3, 0.4) is 0 Å². The molecular formula is C20H19FN2O3S2. The maximum atomic E-state index is 13.1. The van der Waals surface area contributed by atoms with Gasteiger partial charge in [0, 0.05) is 17.4 Å². The lowest BCUT2D eigenvalue weighted by Gasteiger charge is -2.24. The zero-order valence-corrected chi connectivity index (χ0v) is 16.6. The van der Waals surface area contributed by atoms with Gasteiger partial charge >= 0.3 is 0 Å². The van der Waals surface area contributed by atoms with E-state index in [0.717, 1.165) is 5.56 Å². The summed E-state index contributed by atoms with van der Waals surface area (Å²) in [6.45, 7) is 0.524. The van der Waals surface area contributed by atoms with Crippen molar-refractivity contribution in [3.8, 4) is 0 Å². The SMILES string of the molecule is O=C(N=C1S[C@@H]2CS(=O)(=O)C[C@H]2N1CCc1ccc(F)cc1)c1ccccc1. The molecule has 2 aliphatic heterocycles. The van der Waals surface area contributed by atoms with Crippen LogP contribution in [0.4, 0.5) is 4.39 Å². The number of amides is 1. The molecule has 146 valence electrons. The van der Waals surface area contributed by atoms with E-state index in [2.05, 4.69) is 4.99 Å². The molecule has 1 amide bonds. The largest absolute Gasteiger partial charge is 0.346 e. The van der Waals surface area contributed by atoms with E-state index in [1.165, 1.54) is 23.9 Å². The highest BCUT2D eigenvalue weighted by Gasteiger charge is 2.48. The van der Waals surface area contributed by atoms with E-state index in [1.54, 1.807) is 36.4 Å². The van der Waals surface area contributed by atoms with Gasteiger partial charge in [-0.25, -0.2) is 12.8 Å². The third-order valence-corrected chi connectivity index (χ3v) is 8.20. The van der Waals surface area contributed by atoms with Gasteiger partial charge in [-0.15, -0.1) is 0 Å². The molecule has 0 saturated carbocycles. The average Bonchev–Trinajstić information content (AvgIpc) is 3.13. The highest BCUT2D eigenvalue weighted by molar-refractivity contribution is 8.15. The molecule has 2 aromatic rings. The molecule has 8 heteroatoms. The van der Waals surface area contributed by atoms with Crippen molar-refractivity contribution in [2.24, 2.45) is 4.99 Å². The highest BCUT2D eigenvalue weighted by Crippen LogP contribution is 2.38. The molecule has 0 aliphatic carbocycles. The summed E-state index contributed by atoms with van der Waals surface area (Å²) in [6, 6.07) is 14.9. The number of sulfone groups is 1. The van der Waals surface area contributed by atoms with Crippen LogP contribution in [0, 0.1) is 5.82 Å². The fourth-order valence-corrected chi connectivity index (χ4v) is 7.51. The van der Waals surface area contributed by atoms with Crippen molar-refractivity contribution in [3.63, 3.8) is 0 Å². The second-order valence-corrected chi connectivity index (χ2v) is 10.3. The van der Waals surface area contributed by atoms with Crippen molar-refractivity contribution in [1.29, 1.82) is 0 Å². The summed E-state index contributed by atoms with van der Waals surface area (Å²) in [7, 11) is -3.08. The van der Waals surface area contributed by atoms with Crippen LogP contribution in [0.15, 0.2) is 59.6 Å². The van der Waals surface area contributed by atoms with Gasteiger partial charge in [-0.3, -0.25) is 4.79 Å². The zero-order valence-electron chi connectivity index (χ0n) is 15.0. The lowest BCUT2D eigenvalue weighted by atomic mass is 10.1. The topological polar surface area (TPSA) is 66.8 Å².